The van der Waals surface area contributed by atoms with Gasteiger partial charge in [-0.3, -0.25) is 4.79 Å². The number of hydrogen-bond donors (Lipinski definition) is 3. The third-order valence-corrected chi connectivity index (χ3v) is 2.79. The van der Waals surface area contributed by atoms with Crippen LogP contribution in [0.4, 0.5) is 0 Å². The minimum Gasteiger partial charge on any atom is -0.479 e. The SMILES string of the molecule is CC(=O)NC(Cc1ccccc1)(C(=O)O)c1nn[nH]n1. The normalized spacial score (nSPS) is 13.4. The number of aliphatic carboxylic acids is 1. The van der Waals surface area contributed by atoms with Crippen molar-refractivity contribution in [2.75, 3.05) is 0 Å². The molecule has 2 rings (SSSR count). The lowest BCUT2D eigenvalue weighted by Gasteiger charge is -2.26. The Hall–Kier alpha value is -2.77. The molecule has 1 unspecified atom stereocenters. The Morgan fingerprint density at radius 1 is 1.35 bits per heavy atom. The number of carboxylic acids is 1. The number of tetrazole rings is 1. The third-order valence-electron chi connectivity index (χ3n) is 2.79. The summed E-state index contributed by atoms with van der Waals surface area (Å²) in [5.74, 6) is -1.84. The number of aromatic amines is 1. The second-order valence-electron chi connectivity index (χ2n) is 4.29. The van der Waals surface area contributed by atoms with Crippen LogP contribution in [0.1, 0.15) is 18.3 Å². The van der Waals surface area contributed by atoms with E-state index in [0.717, 1.165) is 5.56 Å². The first-order valence-corrected chi connectivity index (χ1v) is 5.84. The Kier molecular flexibility index (Phi) is 3.74. The van der Waals surface area contributed by atoms with Gasteiger partial charge in [-0.1, -0.05) is 35.5 Å². The van der Waals surface area contributed by atoms with E-state index in [1.807, 2.05) is 6.07 Å². The molecule has 0 saturated heterocycles. The quantitative estimate of drug-likeness (QED) is 0.698. The Labute approximate surface area is 114 Å². The van der Waals surface area contributed by atoms with Crippen molar-refractivity contribution in [1.82, 2.24) is 25.9 Å². The number of hydrogen-bond acceptors (Lipinski definition) is 5. The van der Waals surface area contributed by atoms with Gasteiger partial charge in [-0.25, -0.2) is 4.79 Å². The van der Waals surface area contributed by atoms with Crippen LogP contribution in [0.5, 0.6) is 0 Å². The fourth-order valence-electron chi connectivity index (χ4n) is 1.95. The lowest BCUT2D eigenvalue weighted by Crippen LogP contribution is -2.53. The molecule has 1 atom stereocenters. The molecule has 1 aromatic heterocycles. The molecule has 1 amide bonds. The highest BCUT2D eigenvalue weighted by Gasteiger charge is 2.45. The van der Waals surface area contributed by atoms with E-state index in [-0.39, 0.29) is 12.2 Å². The van der Waals surface area contributed by atoms with Crippen molar-refractivity contribution in [3.63, 3.8) is 0 Å². The summed E-state index contributed by atoms with van der Waals surface area (Å²) in [4.78, 5) is 23.1. The van der Waals surface area contributed by atoms with Crippen LogP contribution in [0.15, 0.2) is 30.3 Å². The van der Waals surface area contributed by atoms with E-state index >= 15 is 0 Å². The van der Waals surface area contributed by atoms with E-state index in [9.17, 15) is 14.7 Å². The highest BCUT2D eigenvalue weighted by Crippen LogP contribution is 2.23. The van der Waals surface area contributed by atoms with Crippen molar-refractivity contribution >= 4 is 11.9 Å². The molecule has 3 N–H and O–H groups in total. The van der Waals surface area contributed by atoms with Crippen LogP contribution >= 0.6 is 0 Å². The lowest BCUT2D eigenvalue weighted by atomic mass is 9.89. The second kappa shape index (κ2) is 5.47. The molecule has 0 saturated carbocycles. The second-order valence-corrected chi connectivity index (χ2v) is 4.29. The van der Waals surface area contributed by atoms with Gasteiger partial charge in [0.2, 0.25) is 17.3 Å². The van der Waals surface area contributed by atoms with Crippen LogP contribution in [-0.2, 0) is 21.5 Å². The molecule has 8 heteroatoms. The van der Waals surface area contributed by atoms with Gasteiger partial charge in [0.15, 0.2) is 0 Å². The zero-order valence-electron chi connectivity index (χ0n) is 10.7. The number of nitrogens with one attached hydrogen (secondary N) is 2. The Morgan fingerprint density at radius 2 is 2.05 bits per heavy atom. The predicted octanol–water partition coefficient (Wildman–Crippen LogP) is -0.142. The zero-order chi connectivity index (χ0) is 14.6. The number of carbonyl (C=O) groups excluding carboxylic acids is 1. The molecule has 0 spiro atoms. The lowest BCUT2D eigenvalue weighted by molar-refractivity contribution is -0.148. The average molecular weight is 275 g/mol. The van der Waals surface area contributed by atoms with Gasteiger partial charge >= 0.3 is 5.97 Å². The molecule has 0 radical (unpaired) electrons. The van der Waals surface area contributed by atoms with Gasteiger partial charge < -0.3 is 10.4 Å². The summed E-state index contributed by atoms with van der Waals surface area (Å²) in [6, 6.07) is 8.91. The smallest absolute Gasteiger partial charge is 0.338 e. The van der Waals surface area contributed by atoms with Crippen LogP contribution in [0.2, 0.25) is 0 Å². The number of carboxylic acid groups (broad SMARTS) is 1. The maximum atomic E-state index is 11.7. The summed E-state index contributed by atoms with van der Waals surface area (Å²) in [6.45, 7) is 1.24. The Morgan fingerprint density at radius 3 is 2.55 bits per heavy atom. The molecule has 104 valence electrons. The van der Waals surface area contributed by atoms with E-state index < -0.39 is 17.4 Å². The first kappa shape index (κ1) is 13.7. The third kappa shape index (κ3) is 2.63. The molecule has 1 aromatic carbocycles. The van der Waals surface area contributed by atoms with E-state index in [1.165, 1.54) is 6.92 Å². The van der Waals surface area contributed by atoms with Crippen LogP contribution in [0, 0.1) is 0 Å². The molecule has 0 fully saturated rings. The van der Waals surface area contributed by atoms with Crippen molar-refractivity contribution in [3.8, 4) is 0 Å². The Bertz CT molecular complexity index is 599. The van der Waals surface area contributed by atoms with Gasteiger partial charge in [-0.15, -0.1) is 10.2 Å². The standard InChI is InChI=1S/C12H13N5O3/c1-8(18)13-12(11(19)20,10-14-16-17-15-10)7-9-5-3-2-4-6-9/h2-6H,7H2,1H3,(H,13,18)(H,19,20)(H,14,15,16,17). The van der Waals surface area contributed by atoms with Gasteiger partial charge in [0.05, 0.1) is 0 Å². The number of aromatic nitrogens is 4. The van der Waals surface area contributed by atoms with Crippen LogP contribution in [0.3, 0.4) is 0 Å². The maximum absolute atomic E-state index is 11.7. The molecule has 0 aliphatic carbocycles. The molecule has 0 bridgehead atoms. The van der Waals surface area contributed by atoms with Crippen molar-refractivity contribution in [2.24, 2.45) is 0 Å². The van der Waals surface area contributed by atoms with Crippen LogP contribution in [0.25, 0.3) is 0 Å². The number of amides is 1. The average Bonchev–Trinajstić information content (AvgIpc) is 2.92. The molecule has 20 heavy (non-hydrogen) atoms. The maximum Gasteiger partial charge on any atom is 0.338 e. The highest BCUT2D eigenvalue weighted by molar-refractivity contribution is 5.86. The van der Waals surface area contributed by atoms with Crippen molar-refractivity contribution in [3.05, 3.63) is 41.7 Å². The van der Waals surface area contributed by atoms with E-state index in [0.29, 0.717) is 0 Å². The number of nitrogens with zero attached hydrogens (tertiary/aromatic N) is 3. The Balaban J connectivity index is 2.46. The van der Waals surface area contributed by atoms with Crippen LogP contribution < -0.4 is 5.32 Å². The van der Waals surface area contributed by atoms with Crippen molar-refractivity contribution < 1.29 is 14.7 Å². The predicted molar refractivity (Wildman–Crippen MR) is 67.5 cm³/mol. The van der Waals surface area contributed by atoms with Gasteiger partial charge in [0.25, 0.3) is 0 Å². The van der Waals surface area contributed by atoms with Crippen LogP contribution in [-0.4, -0.2) is 37.6 Å². The summed E-state index contributed by atoms with van der Waals surface area (Å²) >= 11 is 0. The molecule has 0 aliphatic heterocycles. The van der Waals surface area contributed by atoms with Crippen molar-refractivity contribution in [1.29, 1.82) is 0 Å². The van der Waals surface area contributed by atoms with Gasteiger partial charge in [-0.05, 0) is 5.56 Å². The molecule has 2 aromatic rings. The minimum atomic E-state index is -1.75. The first-order valence-electron chi connectivity index (χ1n) is 5.84. The number of carbonyl (C=O) groups is 2. The molecule has 8 nitrogen and oxygen atoms in total. The van der Waals surface area contributed by atoms with Gasteiger partial charge in [0.1, 0.15) is 0 Å². The summed E-state index contributed by atoms with van der Waals surface area (Å²) in [7, 11) is 0. The topological polar surface area (TPSA) is 121 Å². The van der Waals surface area contributed by atoms with E-state index in [4.69, 9.17) is 0 Å². The molecule has 0 aliphatic rings. The molecular weight excluding hydrogens is 262 g/mol. The summed E-state index contributed by atoms with van der Waals surface area (Å²) < 4.78 is 0. The summed E-state index contributed by atoms with van der Waals surface area (Å²) in [5.41, 5.74) is -1.02. The first-order chi connectivity index (χ1) is 9.54. The summed E-state index contributed by atoms with van der Waals surface area (Å²) in [6.07, 6.45) is 0.0162. The van der Waals surface area contributed by atoms with Crippen molar-refractivity contribution in [2.45, 2.75) is 18.9 Å². The van der Waals surface area contributed by atoms with E-state index in [1.54, 1.807) is 24.3 Å². The molecule has 1 heterocycles. The fourth-order valence-corrected chi connectivity index (χ4v) is 1.95. The zero-order valence-corrected chi connectivity index (χ0v) is 10.7. The highest BCUT2D eigenvalue weighted by atomic mass is 16.4. The minimum absolute atomic E-state index is 0.0162. The van der Waals surface area contributed by atoms with E-state index in [2.05, 4.69) is 25.9 Å². The molecular formula is C12H13N5O3. The number of H-pyrrole nitrogens is 1. The summed E-state index contributed by atoms with van der Waals surface area (Å²) in [5, 5.41) is 25.0. The largest absolute Gasteiger partial charge is 0.479 e. The number of rotatable bonds is 5. The fraction of sp³-hybridized carbons (Fsp3) is 0.250. The number of benzene rings is 1. The monoisotopic (exact) mass is 275 g/mol. The van der Waals surface area contributed by atoms with Gasteiger partial charge in [0, 0.05) is 13.3 Å². The van der Waals surface area contributed by atoms with Gasteiger partial charge in [-0.2, -0.15) is 5.21 Å².